The lowest BCUT2D eigenvalue weighted by atomic mass is 10.2. The van der Waals surface area contributed by atoms with Gasteiger partial charge in [-0.3, -0.25) is 0 Å². The van der Waals surface area contributed by atoms with Crippen molar-refractivity contribution in [3.05, 3.63) is 47.1 Å². The van der Waals surface area contributed by atoms with Crippen molar-refractivity contribution < 1.29 is 23.7 Å². The molecule has 0 aliphatic carbocycles. The summed E-state index contributed by atoms with van der Waals surface area (Å²) < 4.78 is 21.1. The molecule has 0 unspecified atom stereocenters. The summed E-state index contributed by atoms with van der Waals surface area (Å²) in [5.74, 6) is 0.518. The molecule has 0 amide bonds. The van der Waals surface area contributed by atoms with Gasteiger partial charge in [0.25, 0.3) is 0 Å². The van der Waals surface area contributed by atoms with Gasteiger partial charge >= 0.3 is 5.97 Å². The SMILES string of the molecule is CCOCCOC(=O)c1nc2ccccc2nc1Nc1cc(Cl)c(OC)cc1OC. The lowest BCUT2D eigenvalue weighted by Crippen LogP contribution is -2.15. The molecule has 0 aliphatic rings. The van der Waals surface area contributed by atoms with E-state index in [2.05, 4.69) is 15.3 Å². The molecule has 9 heteroatoms. The Morgan fingerprint density at radius 1 is 1.03 bits per heavy atom. The molecular weight excluding hydrogens is 410 g/mol. The van der Waals surface area contributed by atoms with Gasteiger partial charge in [-0.2, -0.15) is 0 Å². The molecule has 0 saturated heterocycles. The minimum Gasteiger partial charge on any atom is -0.495 e. The molecular formula is C21H22ClN3O5. The Hall–Kier alpha value is -3.10. The third kappa shape index (κ3) is 4.90. The topological polar surface area (TPSA) is 91.8 Å². The first-order valence-corrected chi connectivity index (χ1v) is 9.65. The van der Waals surface area contributed by atoms with Gasteiger partial charge in [0.15, 0.2) is 11.5 Å². The predicted octanol–water partition coefficient (Wildman–Crippen LogP) is 4.24. The van der Waals surface area contributed by atoms with E-state index in [1.165, 1.54) is 14.2 Å². The maximum absolute atomic E-state index is 12.7. The van der Waals surface area contributed by atoms with E-state index in [4.69, 9.17) is 30.5 Å². The zero-order valence-electron chi connectivity index (χ0n) is 16.9. The molecule has 0 bridgehead atoms. The Bertz CT molecular complexity index is 1040. The number of methoxy groups -OCH3 is 2. The molecule has 3 aromatic rings. The van der Waals surface area contributed by atoms with Gasteiger partial charge in [0, 0.05) is 12.7 Å². The van der Waals surface area contributed by atoms with Crippen molar-refractivity contribution >= 4 is 40.1 Å². The number of anilines is 2. The van der Waals surface area contributed by atoms with E-state index >= 15 is 0 Å². The number of carbonyl (C=O) groups excluding carboxylic acids is 1. The van der Waals surface area contributed by atoms with Crippen LogP contribution < -0.4 is 14.8 Å². The van der Waals surface area contributed by atoms with Crippen LogP contribution in [0.1, 0.15) is 17.4 Å². The first-order chi connectivity index (χ1) is 14.6. The average molecular weight is 432 g/mol. The second kappa shape index (κ2) is 10.1. The monoisotopic (exact) mass is 431 g/mol. The largest absolute Gasteiger partial charge is 0.495 e. The van der Waals surface area contributed by atoms with Crippen LogP contribution in [0.5, 0.6) is 11.5 Å². The average Bonchev–Trinajstić information content (AvgIpc) is 2.76. The lowest BCUT2D eigenvalue weighted by Gasteiger charge is -2.15. The third-order valence-corrected chi connectivity index (χ3v) is 4.45. The number of hydrogen-bond donors (Lipinski definition) is 1. The number of nitrogens with zero attached hydrogens (tertiary/aromatic N) is 2. The maximum atomic E-state index is 12.7. The Morgan fingerprint density at radius 2 is 1.73 bits per heavy atom. The number of rotatable bonds is 9. The standard InChI is InChI=1S/C21H22ClN3O5/c1-4-29-9-10-30-21(26)19-20(24-15-8-6-5-7-14(15)23-19)25-16-11-13(22)17(27-2)12-18(16)28-3/h5-8,11-12H,4,9-10H2,1-3H3,(H,24,25). The van der Waals surface area contributed by atoms with Gasteiger partial charge in [0.05, 0.1) is 42.6 Å². The van der Waals surface area contributed by atoms with Gasteiger partial charge in [0.2, 0.25) is 0 Å². The minimum atomic E-state index is -0.617. The number of aromatic nitrogens is 2. The van der Waals surface area contributed by atoms with Gasteiger partial charge in [-0.15, -0.1) is 0 Å². The molecule has 0 radical (unpaired) electrons. The summed E-state index contributed by atoms with van der Waals surface area (Å²) in [5.41, 5.74) is 1.72. The van der Waals surface area contributed by atoms with Crippen molar-refractivity contribution in [1.29, 1.82) is 0 Å². The number of fused-ring (bicyclic) bond motifs is 1. The van der Waals surface area contributed by atoms with Crippen LogP contribution in [-0.2, 0) is 9.47 Å². The first kappa shape index (κ1) is 21.6. The van der Waals surface area contributed by atoms with E-state index in [1.807, 2.05) is 19.1 Å². The molecule has 1 aromatic heterocycles. The number of nitrogens with one attached hydrogen (secondary N) is 1. The number of benzene rings is 2. The third-order valence-electron chi connectivity index (χ3n) is 4.16. The molecule has 3 rings (SSSR count). The zero-order valence-corrected chi connectivity index (χ0v) is 17.7. The predicted molar refractivity (Wildman–Crippen MR) is 114 cm³/mol. The highest BCUT2D eigenvalue weighted by atomic mass is 35.5. The Labute approximate surface area is 179 Å². The number of esters is 1. The van der Waals surface area contributed by atoms with Crippen molar-refractivity contribution in [1.82, 2.24) is 9.97 Å². The Balaban J connectivity index is 1.99. The summed E-state index contributed by atoms with van der Waals surface area (Å²) in [6.07, 6.45) is 0. The van der Waals surface area contributed by atoms with Crippen LogP contribution >= 0.6 is 11.6 Å². The van der Waals surface area contributed by atoms with E-state index in [0.717, 1.165) is 0 Å². The van der Waals surface area contributed by atoms with Gasteiger partial charge in [-0.1, -0.05) is 23.7 Å². The van der Waals surface area contributed by atoms with Gasteiger partial charge in [0.1, 0.15) is 18.1 Å². The van der Waals surface area contributed by atoms with E-state index in [9.17, 15) is 4.79 Å². The fourth-order valence-electron chi connectivity index (χ4n) is 2.72. The highest BCUT2D eigenvalue weighted by Gasteiger charge is 2.20. The smallest absolute Gasteiger partial charge is 0.360 e. The Kier molecular flexibility index (Phi) is 7.26. The highest BCUT2D eigenvalue weighted by Crippen LogP contribution is 2.37. The van der Waals surface area contributed by atoms with Crippen molar-refractivity contribution in [3.63, 3.8) is 0 Å². The summed E-state index contributed by atoms with van der Waals surface area (Å²) in [6, 6.07) is 10.5. The number of para-hydroxylation sites is 2. The molecule has 8 nitrogen and oxygen atoms in total. The molecule has 158 valence electrons. The molecule has 30 heavy (non-hydrogen) atoms. The first-order valence-electron chi connectivity index (χ1n) is 9.27. The minimum absolute atomic E-state index is 0.0409. The van der Waals surface area contributed by atoms with Crippen molar-refractivity contribution in [2.75, 3.05) is 39.4 Å². The van der Waals surface area contributed by atoms with Crippen LogP contribution in [0.15, 0.2) is 36.4 Å². The van der Waals surface area contributed by atoms with E-state index in [1.54, 1.807) is 24.3 Å². The zero-order chi connectivity index (χ0) is 21.5. The van der Waals surface area contributed by atoms with Crippen LogP contribution in [0.2, 0.25) is 5.02 Å². The number of halogens is 1. The van der Waals surface area contributed by atoms with Crippen LogP contribution in [0.25, 0.3) is 11.0 Å². The summed E-state index contributed by atoms with van der Waals surface area (Å²) in [4.78, 5) is 21.7. The molecule has 0 fully saturated rings. The fourth-order valence-corrected chi connectivity index (χ4v) is 2.96. The van der Waals surface area contributed by atoms with Crippen molar-refractivity contribution in [3.8, 4) is 11.5 Å². The second-order valence-corrected chi connectivity index (χ2v) is 6.46. The number of carbonyl (C=O) groups is 1. The second-order valence-electron chi connectivity index (χ2n) is 6.05. The van der Waals surface area contributed by atoms with E-state index < -0.39 is 5.97 Å². The molecule has 2 aromatic carbocycles. The van der Waals surface area contributed by atoms with E-state index in [-0.39, 0.29) is 18.1 Å². The number of hydrogen-bond acceptors (Lipinski definition) is 8. The molecule has 1 N–H and O–H groups in total. The normalized spacial score (nSPS) is 10.7. The fraction of sp³-hybridized carbons (Fsp3) is 0.286. The lowest BCUT2D eigenvalue weighted by molar-refractivity contribution is 0.0330. The quantitative estimate of drug-likeness (QED) is 0.397. The van der Waals surface area contributed by atoms with Crippen LogP contribution in [0.4, 0.5) is 11.5 Å². The molecule has 0 saturated carbocycles. The molecule has 0 atom stereocenters. The summed E-state index contributed by atoms with van der Waals surface area (Å²) in [7, 11) is 3.03. The van der Waals surface area contributed by atoms with Crippen molar-refractivity contribution in [2.24, 2.45) is 0 Å². The Morgan fingerprint density at radius 3 is 2.40 bits per heavy atom. The molecule has 0 aliphatic heterocycles. The number of ether oxygens (including phenoxy) is 4. The van der Waals surface area contributed by atoms with Crippen LogP contribution in [0.3, 0.4) is 0 Å². The van der Waals surface area contributed by atoms with Gasteiger partial charge in [-0.05, 0) is 25.1 Å². The molecule has 0 spiro atoms. The van der Waals surface area contributed by atoms with Crippen LogP contribution in [0, 0.1) is 0 Å². The summed E-state index contributed by atoms with van der Waals surface area (Å²) in [6.45, 7) is 2.82. The van der Waals surface area contributed by atoms with Gasteiger partial charge < -0.3 is 24.3 Å². The van der Waals surface area contributed by atoms with Crippen molar-refractivity contribution in [2.45, 2.75) is 6.92 Å². The van der Waals surface area contributed by atoms with Crippen LogP contribution in [-0.4, -0.2) is 50.0 Å². The van der Waals surface area contributed by atoms with E-state index in [0.29, 0.717) is 46.5 Å². The summed E-state index contributed by atoms with van der Waals surface area (Å²) >= 11 is 6.26. The summed E-state index contributed by atoms with van der Waals surface area (Å²) in [5, 5.41) is 3.46. The molecule has 1 heterocycles. The maximum Gasteiger partial charge on any atom is 0.360 e. The highest BCUT2D eigenvalue weighted by molar-refractivity contribution is 6.32. The van der Waals surface area contributed by atoms with Gasteiger partial charge in [-0.25, -0.2) is 14.8 Å².